The van der Waals surface area contributed by atoms with E-state index in [1.54, 1.807) is 6.07 Å². The number of fused-ring (bicyclic) bond motifs is 16. The zero-order valence-electron chi connectivity index (χ0n) is 20.7. The summed E-state index contributed by atoms with van der Waals surface area (Å²) in [5, 5.41) is 15.9. The number of furan rings is 1. The summed E-state index contributed by atoms with van der Waals surface area (Å²) in [6, 6.07) is 33.1. The largest absolute Gasteiger partial charge is 0.508 e. The Morgan fingerprint density at radius 1 is 0.625 bits per heavy atom. The molecule has 5 heteroatoms. The molecule has 6 aromatic carbocycles. The molecule has 190 valence electrons. The van der Waals surface area contributed by atoms with Gasteiger partial charge in [0.05, 0.1) is 5.41 Å². The van der Waals surface area contributed by atoms with Crippen LogP contribution in [0.4, 0.5) is 0 Å². The Morgan fingerprint density at radius 2 is 1.27 bits per heavy atom. The normalized spacial score (nSPS) is 16.6. The molecule has 0 amide bonds. The highest BCUT2D eigenvalue weighted by Crippen LogP contribution is 2.66. The van der Waals surface area contributed by atoms with Crippen LogP contribution in [0.1, 0.15) is 22.3 Å². The van der Waals surface area contributed by atoms with Crippen LogP contribution >= 0.6 is 43.5 Å². The molecule has 0 radical (unpaired) electrons. The third-order valence-electron chi connectivity index (χ3n) is 8.74. The van der Waals surface area contributed by atoms with Crippen LogP contribution < -0.4 is 0 Å². The molecule has 2 aliphatic carbocycles. The first-order valence-electron chi connectivity index (χ1n) is 13.0. The summed E-state index contributed by atoms with van der Waals surface area (Å²) in [6.45, 7) is 0. The fourth-order valence-electron chi connectivity index (χ4n) is 7.30. The maximum absolute atomic E-state index is 10.9. The fourth-order valence-corrected chi connectivity index (χ4v) is 8.67. The molecule has 0 saturated carbocycles. The molecular weight excluding hydrogens is 648 g/mol. The van der Waals surface area contributed by atoms with Crippen molar-refractivity contribution in [3.8, 4) is 28.0 Å². The number of phenols is 1. The summed E-state index contributed by atoms with van der Waals surface area (Å²) >= 11 is 14.6. The molecule has 1 heterocycles. The molecule has 0 fully saturated rings. The van der Waals surface area contributed by atoms with Crippen LogP contribution in [0, 0.1) is 0 Å². The molecule has 2 aliphatic rings. The zero-order chi connectivity index (χ0) is 26.9. The predicted octanol–water partition coefficient (Wildman–Crippen LogP) is 11.0. The van der Waals surface area contributed by atoms with Crippen LogP contribution in [-0.2, 0) is 5.41 Å². The Morgan fingerprint density at radius 3 is 2.10 bits per heavy atom. The molecule has 1 unspecified atom stereocenters. The summed E-state index contributed by atoms with van der Waals surface area (Å²) < 4.78 is 8.71. The second kappa shape index (κ2) is 7.79. The Bertz CT molecular complexity index is 2230. The van der Waals surface area contributed by atoms with Crippen molar-refractivity contribution in [2.75, 3.05) is 0 Å². The molecule has 0 aliphatic heterocycles. The molecule has 9 rings (SSSR count). The summed E-state index contributed by atoms with van der Waals surface area (Å²) in [4.78, 5) is 0. The highest BCUT2D eigenvalue weighted by molar-refractivity contribution is 9.11. The first-order valence-corrected chi connectivity index (χ1v) is 14.9. The van der Waals surface area contributed by atoms with Gasteiger partial charge in [-0.25, -0.2) is 0 Å². The van der Waals surface area contributed by atoms with E-state index in [-0.39, 0.29) is 5.75 Å². The topological polar surface area (TPSA) is 33.4 Å². The van der Waals surface area contributed by atoms with Crippen molar-refractivity contribution in [3.05, 3.63) is 133 Å². The third kappa shape index (κ3) is 2.65. The molecule has 2 nitrogen and oxygen atoms in total. The summed E-state index contributed by atoms with van der Waals surface area (Å²) in [7, 11) is 0. The lowest BCUT2D eigenvalue weighted by Crippen LogP contribution is -2.26. The third-order valence-corrected chi connectivity index (χ3v) is 10.3. The SMILES string of the molecule is Oc1ccc2c(c1)C1(c3cc(Cl)ccc3-2)c2cc(Br)c3ccccc3c2-c2c1cc(Br)c1c2oc2ccccc21. The standard InChI is InChI=1S/C35H17Br2ClO2/c36-28-15-26-31(22-6-2-1-5-21(22)28)33-27(16-29(37)32-23-7-3-4-8-30(23)40-34(32)33)35(26)24-13-17(38)9-11-19(24)20-12-10-18(39)14-25(20)35/h1-16,39H. The van der Waals surface area contributed by atoms with Gasteiger partial charge in [-0.1, -0.05) is 98.1 Å². The van der Waals surface area contributed by atoms with E-state index in [2.05, 4.69) is 86.5 Å². The van der Waals surface area contributed by atoms with Gasteiger partial charge in [-0.05, 0) is 92.2 Å². The summed E-state index contributed by atoms with van der Waals surface area (Å²) in [5.74, 6) is 0.232. The van der Waals surface area contributed by atoms with E-state index >= 15 is 0 Å². The van der Waals surface area contributed by atoms with Gasteiger partial charge < -0.3 is 9.52 Å². The zero-order valence-corrected chi connectivity index (χ0v) is 24.7. The number of hydrogen-bond donors (Lipinski definition) is 1. The molecule has 0 bridgehead atoms. The van der Waals surface area contributed by atoms with Gasteiger partial charge in [0, 0.05) is 30.3 Å². The lowest BCUT2D eigenvalue weighted by Gasteiger charge is -2.31. The predicted molar refractivity (Wildman–Crippen MR) is 170 cm³/mol. The minimum Gasteiger partial charge on any atom is -0.508 e. The van der Waals surface area contributed by atoms with Crippen LogP contribution in [0.15, 0.2) is 110 Å². The van der Waals surface area contributed by atoms with E-state index in [1.807, 2.05) is 36.4 Å². The number of para-hydroxylation sites is 1. The van der Waals surface area contributed by atoms with Crippen molar-refractivity contribution in [3.63, 3.8) is 0 Å². The number of benzene rings is 6. The molecule has 1 N–H and O–H groups in total. The number of hydrogen-bond acceptors (Lipinski definition) is 2. The molecule has 40 heavy (non-hydrogen) atoms. The average Bonchev–Trinajstić information content (AvgIpc) is 3.57. The Labute approximate surface area is 251 Å². The van der Waals surface area contributed by atoms with Gasteiger partial charge in [0.25, 0.3) is 0 Å². The van der Waals surface area contributed by atoms with Gasteiger partial charge >= 0.3 is 0 Å². The molecule has 0 saturated heterocycles. The van der Waals surface area contributed by atoms with Crippen molar-refractivity contribution in [2.24, 2.45) is 0 Å². The highest BCUT2D eigenvalue weighted by atomic mass is 79.9. The van der Waals surface area contributed by atoms with Crippen molar-refractivity contribution >= 4 is 76.2 Å². The van der Waals surface area contributed by atoms with E-state index in [0.29, 0.717) is 5.02 Å². The second-order valence-electron chi connectivity index (χ2n) is 10.6. The van der Waals surface area contributed by atoms with E-state index in [1.165, 1.54) is 0 Å². The van der Waals surface area contributed by atoms with Crippen molar-refractivity contribution in [1.82, 2.24) is 0 Å². The van der Waals surface area contributed by atoms with E-state index in [9.17, 15) is 5.11 Å². The van der Waals surface area contributed by atoms with Gasteiger partial charge in [0.2, 0.25) is 0 Å². The lowest BCUT2D eigenvalue weighted by molar-refractivity contribution is 0.474. The van der Waals surface area contributed by atoms with Crippen LogP contribution in [-0.4, -0.2) is 5.11 Å². The van der Waals surface area contributed by atoms with Crippen LogP contribution in [0.25, 0.3) is 55.0 Å². The Balaban J connectivity index is 1.60. The number of aromatic hydroxyl groups is 1. The van der Waals surface area contributed by atoms with Crippen LogP contribution in [0.5, 0.6) is 5.75 Å². The maximum Gasteiger partial charge on any atom is 0.144 e. The van der Waals surface area contributed by atoms with E-state index < -0.39 is 5.41 Å². The van der Waals surface area contributed by atoms with Gasteiger partial charge in [0.1, 0.15) is 16.9 Å². The number of halogens is 3. The minimum atomic E-state index is -0.707. The van der Waals surface area contributed by atoms with Crippen molar-refractivity contribution in [1.29, 1.82) is 0 Å². The maximum atomic E-state index is 10.9. The van der Waals surface area contributed by atoms with Gasteiger partial charge in [-0.3, -0.25) is 0 Å². The van der Waals surface area contributed by atoms with E-state index in [0.717, 1.165) is 86.2 Å². The Kier molecular flexibility index (Phi) is 4.51. The molecule has 7 aromatic rings. The van der Waals surface area contributed by atoms with Crippen molar-refractivity contribution in [2.45, 2.75) is 5.41 Å². The minimum absolute atomic E-state index is 0.232. The van der Waals surface area contributed by atoms with Gasteiger partial charge in [0.15, 0.2) is 0 Å². The molecule has 1 spiro atoms. The van der Waals surface area contributed by atoms with Gasteiger partial charge in [-0.15, -0.1) is 0 Å². The fraction of sp³-hybridized carbons (Fsp3) is 0.0286. The molecule has 1 aromatic heterocycles. The smallest absolute Gasteiger partial charge is 0.144 e. The quantitative estimate of drug-likeness (QED) is 0.175. The van der Waals surface area contributed by atoms with Crippen molar-refractivity contribution < 1.29 is 9.52 Å². The molecular formula is C35H17Br2ClO2. The second-order valence-corrected chi connectivity index (χ2v) is 12.7. The summed E-state index contributed by atoms with van der Waals surface area (Å²) in [6.07, 6.45) is 0. The molecule has 1 atom stereocenters. The monoisotopic (exact) mass is 662 g/mol. The summed E-state index contributed by atoms with van der Waals surface area (Å²) in [5.41, 5.74) is 9.81. The lowest BCUT2D eigenvalue weighted by atomic mass is 9.70. The highest BCUT2D eigenvalue weighted by Gasteiger charge is 2.54. The first kappa shape index (κ1) is 23.2. The van der Waals surface area contributed by atoms with Gasteiger partial charge in [-0.2, -0.15) is 0 Å². The first-order chi connectivity index (χ1) is 19.5. The van der Waals surface area contributed by atoms with Crippen LogP contribution in [0.3, 0.4) is 0 Å². The number of rotatable bonds is 0. The van der Waals surface area contributed by atoms with E-state index in [4.69, 9.17) is 16.0 Å². The average molecular weight is 665 g/mol. The van der Waals surface area contributed by atoms with Crippen LogP contribution in [0.2, 0.25) is 5.02 Å². The number of phenolic OH excluding ortho intramolecular Hbond substituents is 1. The Hall–Kier alpha value is -3.57.